The molecule has 2 aromatic heterocycles. The van der Waals surface area contributed by atoms with Gasteiger partial charge in [0.1, 0.15) is 0 Å². The van der Waals surface area contributed by atoms with E-state index in [2.05, 4.69) is 59.6 Å². The van der Waals surface area contributed by atoms with Gasteiger partial charge in [-0.05, 0) is 25.5 Å². The molecule has 0 radical (unpaired) electrons. The highest BCUT2D eigenvalue weighted by Gasteiger charge is 2.23. The molecule has 0 aliphatic carbocycles. The average molecular weight is 365 g/mol. The van der Waals surface area contributed by atoms with Gasteiger partial charge in [0, 0.05) is 18.0 Å². The van der Waals surface area contributed by atoms with Gasteiger partial charge in [-0.25, -0.2) is 9.78 Å². The summed E-state index contributed by atoms with van der Waals surface area (Å²) in [5.74, 6) is 0.259. The van der Waals surface area contributed by atoms with E-state index in [4.69, 9.17) is 0 Å². The summed E-state index contributed by atoms with van der Waals surface area (Å²) < 4.78 is 1.52. The minimum atomic E-state index is -0.292. The third kappa shape index (κ3) is 3.97. The van der Waals surface area contributed by atoms with Gasteiger partial charge < -0.3 is 5.32 Å². The first kappa shape index (κ1) is 18.6. The maximum Gasteiger partial charge on any atom is 0.264 e. The van der Waals surface area contributed by atoms with Crippen molar-refractivity contribution in [3.05, 3.63) is 75.3 Å². The molecule has 0 aliphatic rings. The number of nitrogens with one attached hydrogen (secondary N) is 2. The first-order valence-corrected chi connectivity index (χ1v) is 8.74. The van der Waals surface area contributed by atoms with Gasteiger partial charge in [0.2, 0.25) is 0 Å². The molecule has 0 saturated heterocycles. The normalized spacial score (nSPS) is 11.4. The highest BCUT2D eigenvalue weighted by atomic mass is 16.1. The van der Waals surface area contributed by atoms with Crippen molar-refractivity contribution in [2.75, 3.05) is 6.54 Å². The predicted molar refractivity (Wildman–Crippen MR) is 103 cm³/mol. The maximum atomic E-state index is 12.7. The van der Waals surface area contributed by atoms with Crippen LogP contribution in [0.3, 0.4) is 0 Å². The van der Waals surface area contributed by atoms with Crippen LogP contribution in [0.4, 0.5) is 0 Å². The van der Waals surface area contributed by atoms with Gasteiger partial charge in [0.25, 0.3) is 11.5 Å². The Morgan fingerprint density at radius 1 is 1.22 bits per heavy atom. The first-order valence-electron chi connectivity index (χ1n) is 8.74. The molecule has 140 valence electrons. The second-order valence-electron chi connectivity index (χ2n) is 7.27. The van der Waals surface area contributed by atoms with E-state index in [1.165, 1.54) is 28.1 Å². The summed E-state index contributed by atoms with van der Waals surface area (Å²) in [6.45, 7) is 8.54. The number of carbonyl (C=O) groups is 1. The summed E-state index contributed by atoms with van der Waals surface area (Å²) in [7, 11) is 0. The van der Waals surface area contributed by atoms with E-state index in [9.17, 15) is 9.59 Å². The van der Waals surface area contributed by atoms with Crippen LogP contribution < -0.4 is 10.9 Å². The number of rotatable bonds is 5. The molecule has 27 heavy (non-hydrogen) atoms. The number of H-pyrrole nitrogens is 1. The summed E-state index contributed by atoms with van der Waals surface area (Å²) in [5.41, 5.74) is 3.00. The third-order valence-electron chi connectivity index (χ3n) is 4.63. The number of aryl methyl sites for hydroxylation is 1. The van der Waals surface area contributed by atoms with E-state index >= 15 is 0 Å². The van der Waals surface area contributed by atoms with Gasteiger partial charge in [0.05, 0.1) is 17.5 Å². The average Bonchev–Trinajstić information content (AvgIpc) is 3.02. The van der Waals surface area contributed by atoms with Crippen molar-refractivity contribution in [1.82, 2.24) is 25.3 Å². The van der Waals surface area contributed by atoms with E-state index < -0.39 is 0 Å². The van der Waals surface area contributed by atoms with Crippen LogP contribution in [0.25, 0.3) is 5.82 Å². The topological polar surface area (TPSA) is 92.7 Å². The molecule has 2 heterocycles. The molecule has 0 unspecified atom stereocenters. The van der Waals surface area contributed by atoms with Crippen molar-refractivity contribution in [1.29, 1.82) is 0 Å². The molecule has 3 rings (SSSR count). The monoisotopic (exact) mass is 365 g/mol. The highest BCUT2D eigenvalue weighted by Crippen LogP contribution is 2.23. The molecule has 3 aromatic rings. The van der Waals surface area contributed by atoms with Crippen molar-refractivity contribution in [3.63, 3.8) is 0 Å². The smallest absolute Gasteiger partial charge is 0.264 e. The summed E-state index contributed by atoms with van der Waals surface area (Å²) >= 11 is 0. The first-order chi connectivity index (χ1) is 12.8. The second kappa shape index (κ2) is 7.19. The lowest BCUT2D eigenvalue weighted by Gasteiger charge is -2.26. The lowest BCUT2D eigenvalue weighted by molar-refractivity contribution is 0.0945. The fraction of sp³-hybridized carbons (Fsp3) is 0.300. The molecule has 1 amide bonds. The largest absolute Gasteiger partial charge is 0.351 e. The van der Waals surface area contributed by atoms with Gasteiger partial charge in [-0.15, -0.1) is 0 Å². The fourth-order valence-corrected chi connectivity index (χ4v) is 2.88. The van der Waals surface area contributed by atoms with Crippen LogP contribution in [0.1, 0.15) is 41.0 Å². The fourth-order valence-electron chi connectivity index (χ4n) is 2.88. The number of hydrogen-bond donors (Lipinski definition) is 2. The molecule has 0 bridgehead atoms. The molecular weight excluding hydrogens is 342 g/mol. The van der Waals surface area contributed by atoms with Crippen LogP contribution in [0.5, 0.6) is 0 Å². The molecule has 2 N–H and O–H groups in total. The molecule has 0 atom stereocenters. The van der Waals surface area contributed by atoms with E-state index in [1.54, 1.807) is 13.0 Å². The zero-order valence-electron chi connectivity index (χ0n) is 15.9. The van der Waals surface area contributed by atoms with E-state index in [1.807, 2.05) is 6.07 Å². The number of nitrogens with zero attached hydrogens (tertiary/aromatic N) is 3. The summed E-state index contributed by atoms with van der Waals surface area (Å²) in [6, 6.07) is 11.2. The number of aromatic amines is 1. The van der Waals surface area contributed by atoms with Crippen LogP contribution in [-0.2, 0) is 5.41 Å². The Labute approximate surface area is 157 Å². The van der Waals surface area contributed by atoms with Crippen molar-refractivity contribution < 1.29 is 4.79 Å². The van der Waals surface area contributed by atoms with Gasteiger partial charge in [-0.2, -0.15) is 10.2 Å². The molecule has 0 spiro atoms. The van der Waals surface area contributed by atoms with Crippen molar-refractivity contribution in [2.24, 2.45) is 0 Å². The van der Waals surface area contributed by atoms with Crippen molar-refractivity contribution >= 4 is 5.91 Å². The molecule has 0 aliphatic heterocycles. The SMILES string of the molecule is Cc1cccc(C(C)(C)CNC(=O)c2cnn(-c3ccc(=O)[nH]n3)c2C)c1. The molecule has 7 nitrogen and oxygen atoms in total. The Kier molecular flexibility index (Phi) is 4.94. The molecule has 7 heteroatoms. The van der Waals surface area contributed by atoms with Gasteiger partial charge in [0.15, 0.2) is 5.82 Å². The minimum Gasteiger partial charge on any atom is -0.351 e. The Morgan fingerprint density at radius 2 is 2.00 bits per heavy atom. The van der Waals surface area contributed by atoms with Crippen LogP contribution in [0, 0.1) is 13.8 Å². The van der Waals surface area contributed by atoms with E-state index in [0.29, 0.717) is 23.6 Å². The van der Waals surface area contributed by atoms with Crippen molar-refractivity contribution in [3.8, 4) is 5.82 Å². The lowest BCUT2D eigenvalue weighted by Crippen LogP contribution is -2.36. The van der Waals surface area contributed by atoms with Gasteiger partial charge in [-0.3, -0.25) is 9.59 Å². The minimum absolute atomic E-state index is 0.191. The number of carbonyl (C=O) groups excluding carboxylic acids is 1. The maximum absolute atomic E-state index is 12.7. The Hall–Kier alpha value is -3.22. The van der Waals surface area contributed by atoms with E-state index in [0.717, 1.165) is 0 Å². The molecule has 0 fully saturated rings. The molecule has 1 aromatic carbocycles. The third-order valence-corrected chi connectivity index (χ3v) is 4.63. The van der Waals surface area contributed by atoms with Gasteiger partial charge >= 0.3 is 0 Å². The zero-order valence-corrected chi connectivity index (χ0v) is 15.9. The van der Waals surface area contributed by atoms with E-state index in [-0.39, 0.29) is 16.9 Å². The zero-order chi connectivity index (χ0) is 19.6. The summed E-state index contributed by atoms with van der Waals surface area (Å²) in [6.07, 6.45) is 1.51. The Morgan fingerprint density at radius 3 is 2.67 bits per heavy atom. The summed E-state index contributed by atoms with van der Waals surface area (Å²) in [4.78, 5) is 23.8. The Bertz CT molecular complexity index is 1010. The van der Waals surface area contributed by atoms with Crippen LogP contribution >= 0.6 is 0 Å². The highest BCUT2D eigenvalue weighted by molar-refractivity contribution is 5.95. The molecule has 0 saturated carbocycles. The van der Waals surface area contributed by atoms with Crippen LogP contribution in [-0.4, -0.2) is 32.4 Å². The number of aromatic nitrogens is 4. The molecular formula is C20H23N5O2. The Balaban J connectivity index is 1.75. The van der Waals surface area contributed by atoms with Crippen LogP contribution in [0.2, 0.25) is 0 Å². The number of benzene rings is 1. The standard InChI is InChI=1S/C20H23N5O2/c1-13-6-5-7-15(10-13)20(3,4)12-21-19(27)16-11-22-25(14(16)2)17-8-9-18(26)24-23-17/h5-11H,12H2,1-4H3,(H,21,27)(H,24,26). The van der Waals surface area contributed by atoms with Gasteiger partial charge in [-0.1, -0.05) is 43.7 Å². The second-order valence-corrected chi connectivity index (χ2v) is 7.27. The van der Waals surface area contributed by atoms with Crippen LogP contribution in [0.15, 0.2) is 47.4 Å². The van der Waals surface area contributed by atoms with Crippen molar-refractivity contribution in [2.45, 2.75) is 33.1 Å². The lowest BCUT2D eigenvalue weighted by atomic mass is 9.84. The number of hydrogen-bond acceptors (Lipinski definition) is 4. The quantitative estimate of drug-likeness (QED) is 0.725. The number of amides is 1. The summed E-state index contributed by atoms with van der Waals surface area (Å²) in [5, 5.41) is 13.5. The predicted octanol–water partition coefficient (Wildman–Crippen LogP) is 2.28.